The Kier molecular flexibility index (Phi) is 8.72. The number of pyridine rings is 1. The Morgan fingerprint density at radius 1 is 1.26 bits per heavy atom. The molecule has 0 fully saturated rings. The van der Waals surface area contributed by atoms with E-state index in [2.05, 4.69) is 25.9 Å². The van der Waals surface area contributed by atoms with E-state index in [-0.39, 0.29) is 39.4 Å². The molecule has 0 aliphatic carbocycles. The second kappa shape index (κ2) is 11.7. The molecule has 0 radical (unpaired) electrons. The molecule has 2 N–H and O–H groups in total. The van der Waals surface area contributed by atoms with E-state index in [0.717, 1.165) is 10.7 Å². The van der Waals surface area contributed by atoms with E-state index in [9.17, 15) is 18.4 Å². The molecule has 3 rings (SSSR count). The van der Waals surface area contributed by atoms with Crippen LogP contribution in [0.1, 0.15) is 45.5 Å². The quantitative estimate of drug-likeness (QED) is 0.307. The van der Waals surface area contributed by atoms with Crippen LogP contribution in [0.25, 0.3) is 5.82 Å². The van der Waals surface area contributed by atoms with Gasteiger partial charge in [-0.1, -0.05) is 28.4 Å². The van der Waals surface area contributed by atoms with Crippen molar-refractivity contribution in [2.45, 2.75) is 20.3 Å². The molecule has 9 nitrogen and oxygen atoms in total. The molecule has 3 aromatic rings. The van der Waals surface area contributed by atoms with Gasteiger partial charge in [0.2, 0.25) is 0 Å². The number of benzene rings is 1. The number of amides is 2. The molecule has 0 aliphatic heterocycles. The zero-order valence-electron chi connectivity index (χ0n) is 18.6. The molecule has 0 spiro atoms. The Morgan fingerprint density at radius 2 is 2.03 bits per heavy atom. The average Bonchev–Trinajstić information content (AvgIpc) is 3.26. The van der Waals surface area contributed by atoms with Crippen LogP contribution >= 0.6 is 23.2 Å². The van der Waals surface area contributed by atoms with Crippen molar-refractivity contribution in [3.05, 3.63) is 69.1 Å². The van der Waals surface area contributed by atoms with E-state index in [1.165, 1.54) is 24.5 Å². The van der Waals surface area contributed by atoms with Crippen molar-refractivity contribution in [3.8, 4) is 5.82 Å². The van der Waals surface area contributed by atoms with Gasteiger partial charge in [0.15, 0.2) is 5.82 Å². The van der Waals surface area contributed by atoms with Crippen LogP contribution in [-0.4, -0.2) is 45.9 Å². The third-order valence-electron chi connectivity index (χ3n) is 4.54. The van der Waals surface area contributed by atoms with Crippen LogP contribution in [0.2, 0.25) is 10.0 Å². The molecule has 0 atom stereocenters. The molecule has 184 valence electrons. The van der Waals surface area contributed by atoms with Crippen LogP contribution in [-0.2, 0) is 4.84 Å². The molecule has 35 heavy (non-hydrogen) atoms. The number of halogens is 4. The van der Waals surface area contributed by atoms with E-state index in [0.29, 0.717) is 12.2 Å². The Bertz CT molecular complexity index is 1270. The highest BCUT2D eigenvalue weighted by molar-refractivity contribution is 6.32. The van der Waals surface area contributed by atoms with E-state index in [1.54, 1.807) is 26.0 Å². The van der Waals surface area contributed by atoms with Crippen LogP contribution < -0.4 is 10.6 Å². The lowest BCUT2D eigenvalue weighted by Crippen LogP contribution is -2.27. The van der Waals surface area contributed by atoms with Crippen molar-refractivity contribution in [2.24, 2.45) is 5.16 Å². The Balaban J connectivity index is 1.96. The summed E-state index contributed by atoms with van der Waals surface area (Å²) in [5.74, 6) is -1.38. The summed E-state index contributed by atoms with van der Waals surface area (Å²) >= 11 is 12.3. The largest absolute Gasteiger partial charge is 0.396 e. The summed E-state index contributed by atoms with van der Waals surface area (Å²) < 4.78 is 27.7. The third-order valence-corrected chi connectivity index (χ3v) is 5.05. The standard InChI is InChI=1S/C22H20Cl2F2N6O3/c1-3-35-29-8-7-28-21(33)14-10-13(23)9-12(2)18(14)30-22(34)17-11-16(19(25)26)31-32(17)20-15(24)5-4-6-27-20/h4-6,8-11,19H,3,7H2,1-2H3,(H,28,33)(H,30,34). The highest BCUT2D eigenvalue weighted by atomic mass is 35.5. The fraction of sp³-hybridized carbons (Fsp3) is 0.227. The Hall–Kier alpha value is -3.57. The van der Waals surface area contributed by atoms with Gasteiger partial charge in [-0.3, -0.25) is 9.59 Å². The van der Waals surface area contributed by atoms with Crippen molar-refractivity contribution < 1.29 is 23.2 Å². The van der Waals surface area contributed by atoms with Gasteiger partial charge in [0, 0.05) is 11.2 Å². The number of aromatic nitrogens is 3. The van der Waals surface area contributed by atoms with Crippen molar-refractivity contribution >= 4 is 46.9 Å². The number of hydrogen-bond acceptors (Lipinski definition) is 6. The number of carbonyl (C=O) groups excluding carboxylic acids is 2. The molecular formula is C22H20Cl2F2N6O3. The summed E-state index contributed by atoms with van der Waals surface area (Å²) in [6.45, 7) is 3.83. The molecular weight excluding hydrogens is 505 g/mol. The lowest BCUT2D eigenvalue weighted by molar-refractivity contribution is 0.0960. The smallest absolute Gasteiger partial charge is 0.282 e. The van der Waals surface area contributed by atoms with Crippen molar-refractivity contribution in [3.63, 3.8) is 0 Å². The number of rotatable bonds is 9. The first-order chi connectivity index (χ1) is 16.7. The van der Waals surface area contributed by atoms with Crippen LogP contribution in [0.15, 0.2) is 41.7 Å². The van der Waals surface area contributed by atoms with Gasteiger partial charge in [0.1, 0.15) is 18.0 Å². The summed E-state index contributed by atoms with van der Waals surface area (Å²) in [6.07, 6.45) is -0.201. The van der Waals surface area contributed by atoms with Gasteiger partial charge < -0.3 is 15.5 Å². The first kappa shape index (κ1) is 26.0. The molecule has 13 heteroatoms. The zero-order chi connectivity index (χ0) is 25.5. The van der Waals surface area contributed by atoms with Crippen LogP contribution in [0.5, 0.6) is 0 Å². The maximum Gasteiger partial charge on any atom is 0.282 e. The predicted molar refractivity (Wildman–Crippen MR) is 128 cm³/mol. The van der Waals surface area contributed by atoms with E-state index in [4.69, 9.17) is 28.0 Å². The number of oxime groups is 1. The molecule has 0 unspecified atom stereocenters. The van der Waals surface area contributed by atoms with Crippen LogP contribution in [0, 0.1) is 6.92 Å². The first-order valence-electron chi connectivity index (χ1n) is 10.2. The number of anilines is 1. The fourth-order valence-electron chi connectivity index (χ4n) is 3.03. The minimum absolute atomic E-state index is 0.00871. The van der Waals surface area contributed by atoms with E-state index in [1.807, 2.05) is 0 Å². The highest BCUT2D eigenvalue weighted by Gasteiger charge is 2.25. The van der Waals surface area contributed by atoms with E-state index < -0.39 is 23.9 Å². The van der Waals surface area contributed by atoms with Gasteiger partial charge in [0.05, 0.1) is 29.0 Å². The van der Waals surface area contributed by atoms with Crippen molar-refractivity contribution in [2.75, 3.05) is 18.5 Å². The zero-order valence-corrected chi connectivity index (χ0v) is 20.1. The van der Waals surface area contributed by atoms with Crippen LogP contribution in [0.4, 0.5) is 14.5 Å². The van der Waals surface area contributed by atoms with Gasteiger partial charge >= 0.3 is 0 Å². The summed E-state index contributed by atoms with van der Waals surface area (Å²) in [5.41, 5.74) is -0.238. The van der Waals surface area contributed by atoms with Crippen molar-refractivity contribution in [1.82, 2.24) is 20.1 Å². The normalized spacial score (nSPS) is 11.2. The van der Waals surface area contributed by atoms with Crippen LogP contribution in [0.3, 0.4) is 0 Å². The van der Waals surface area contributed by atoms with Gasteiger partial charge in [0.25, 0.3) is 18.2 Å². The third kappa shape index (κ3) is 6.31. The maximum atomic E-state index is 13.4. The summed E-state index contributed by atoms with van der Waals surface area (Å²) in [7, 11) is 0. The maximum absolute atomic E-state index is 13.4. The van der Waals surface area contributed by atoms with Gasteiger partial charge in [-0.25, -0.2) is 18.4 Å². The second-order valence-corrected chi connectivity index (χ2v) is 7.83. The number of carbonyl (C=O) groups is 2. The second-order valence-electron chi connectivity index (χ2n) is 6.99. The van der Waals surface area contributed by atoms with Gasteiger partial charge in [-0.2, -0.15) is 5.10 Å². The minimum Gasteiger partial charge on any atom is -0.396 e. The summed E-state index contributed by atoms with van der Waals surface area (Å²) in [5, 5.41) is 13.0. The molecule has 1 aromatic carbocycles. The molecule has 2 heterocycles. The first-order valence-corrected chi connectivity index (χ1v) is 11.0. The molecule has 0 saturated carbocycles. The number of nitrogens with zero attached hydrogens (tertiary/aromatic N) is 4. The Labute approximate surface area is 209 Å². The van der Waals surface area contributed by atoms with Gasteiger partial charge in [-0.05, 0) is 49.7 Å². The fourth-order valence-corrected chi connectivity index (χ4v) is 3.50. The Morgan fingerprint density at radius 3 is 2.71 bits per heavy atom. The summed E-state index contributed by atoms with van der Waals surface area (Å²) in [6, 6.07) is 6.87. The number of aryl methyl sites for hydroxylation is 1. The highest BCUT2D eigenvalue weighted by Crippen LogP contribution is 2.28. The molecule has 0 aliphatic rings. The topological polar surface area (TPSA) is 110 Å². The SMILES string of the molecule is CCON=CCNC(=O)c1cc(Cl)cc(C)c1NC(=O)c1cc(C(F)F)nn1-c1ncccc1Cl. The summed E-state index contributed by atoms with van der Waals surface area (Å²) in [4.78, 5) is 34.9. The molecule has 2 aromatic heterocycles. The van der Waals surface area contributed by atoms with Gasteiger partial charge in [-0.15, -0.1) is 0 Å². The molecule has 0 saturated heterocycles. The molecule has 2 amide bonds. The number of alkyl halides is 2. The van der Waals surface area contributed by atoms with Crippen molar-refractivity contribution in [1.29, 1.82) is 0 Å². The lowest BCUT2D eigenvalue weighted by Gasteiger charge is -2.15. The number of hydrogen-bond donors (Lipinski definition) is 2. The lowest BCUT2D eigenvalue weighted by atomic mass is 10.1. The average molecular weight is 525 g/mol. The molecule has 0 bridgehead atoms. The minimum atomic E-state index is -2.94. The number of nitrogens with one attached hydrogen (secondary N) is 2. The monoisotopic (exact) mass is 524 g/mol. The van der Waals surface area contributed by atoms with E-state index >= 15 is 0 Å². The predicted octanol–water partition coefficient (Wildman–Crippen LogP) is 4.82.